The van der Waals surface area contributed by atoms with Gasteiger partial charge in [-0.1, -0.05) is 38.0 Å². The van der Waals surface area contributed by atoms with E-state index in [1.165, 1.54) is 0 Å². The normalized spacial score (nSPS) is 10.6. The SMILES string of the molecule is CCCCCOc1ccccc1C=CC(=O)O. The summed E-state index contributed by atoms with van der Waals surface area (Å²) < 4.78 is 5.63. The number of carboxylic acids is 1. The van der Waals surface area contributed by atoms with Crippen molar-refractivity contribution in [3.8, 4) is 5.75 Å². The Morgan fingerprint density at radius 1 is 1.35 bits per heavy atom. The third-order valence-electron chi connectivity index (χ3n) is 2.33. The smallest absolute Gasteiger partial charge is 0.328 e. The highest BCUT2D eigenvalue weighted by Gasteiger charge is 1.99. The van der Waals surface area contributed by atoms with E-state index in [1.54, 1.807) is 6.08 Å². The summed E-state index contributed by atoms with van der Waals surface area (Å²) in [5, 5.41) is 8.58. The van der Waals surface area contributed by atoms with E-state index < -0.39 is 5.97 Å². The highest BCUT2D eigenvalue weighted by atomic mass is 16.5. The fourth-order valence-electron chi connectivity index (χ4n) is 1.44. The summed E-state index contributed by atoms with van der Waals surface area (Å²) >= 11 is 0. The molecule has 0 aliphatic rings. The van der Waals surface area contributed by atoms with Gasteiger partial charge < -0.3 is 9.84 Å². The Kier molecular flexibility index (Phi) is 5.86. The molecule has 0 spiro atoms. The molecule has 1 rings (SSSR count). The summed E-state index contributed by atoms with van der Waals surface area (Å²) in [5.41, 5.74) is 0.798. The predicted molar refractivity (Wildman–Crippen MR) is 68.1 cm³/mol. The first-order chi connectivity index (χ1) is 8.24. The second kappa shape index (κ2) is 7.49. The molecule has 1 aromatic rings. The number of carbonyl (C=O) groups is 1. The van der Waals surface area contributed by atoms with Gasteiger partial charge in [0.05, 0.1) is 6.61 Å². The number of benzene rings is 1. The second-order valence-corrected chi connectivity index (χ2v) is 3.76. The Morgan fingerprint density at radius 2 is 2.12 bits per heavy atom. The quantitative estimate of drug-likeness (QED) is 0.581. The number of aliphatic carboxylic acids is 1. The Labute approximate surface area is 102 Å². The molecule has 0 heterocycles. The number of rotatable bonds is 7. The van der Waals surface area contributed by atoms with Crippen molar-refractivity contribution >= 4 is 12.0 Å². The standard InChI is InChI=1S/C14H18O3/c1-2-3-6-11-17-13-8-5-4-7-12(13)9-10-14(15)16/h4-5,7-10H,2-3,6,11H2,1H3,(H,15,16). The van der Waals surface area contributed by atoms with Gasteiger partial charge in [0, 0.05) is 11.6 Å². The summed E-state index contributed by atoms with van der Waals surface area (Å²) in [6, 6.07) is 7.44. The van der Waals surface area contributed by atoms with Crippen molar-refractivity contribution in [2.75, 3.05) is 6.61 Å². The fraction of sp³-hybridized carbons (Fsp3) is 0.357. The van der Waals surface area contributed by atoms with Crippen molar-refractivity contribution in [3.05, 3.63) is 35.9 Å². The topological polar surface area (TPSA) is 46.5 Å². The summed E-state index contributed by atoms with van der Waals surface area (Å²) in [5.74, 6) is -0.216. The lowest BCUT2D eigenvalue weighted by atomic mass is 10.2. The lowest BCUT2D eigenvalue weighted by molar-refractivity contribution is -0.131. The van der Waals surface area contributed by atoms with Crippen molar-refractivity contribution in [1.82, 2.24) is 0 Å². The van der Waals surface area contributed by atoms with E-state index in [-0.39, 0.29) is 0 Å². The van der Waals surface area contributed by atoms with Crippen molar-refractivity contribution in [3.63, 3.8) is 0 Å². The van der Waals surface area contributed by atoms with E-state index in [0.29, 0.717) is 6.61 Å². The summed E-state index contributed by atoms with van der Waals surface area (Å²) in [4.78, 5) is 10.5. The van der Waals surface area contributed by atoms with Crippen LogP contribution in [-0.2, 0) is 4.79 Å². The predicted octanol–water partition coefficient (Wildman–Crippen LogP) is 3.35. The van der Waals surface area contributed by atoms with E-state index >= 15 is 0 Å². The molecular weight excluding hydrogens is 216 g/mol. The molecule has 1 aromatic carbocycles. The van der Waals surface area contributed by atoms with Crippen molar-refractivity contribution in [1.29, 1.82) is 0 Å². The Hall–Kier alpha value is -1.77. The molecular formula is C14H18O3. The number of hydrogen-bond acceptors (Lipinski definition) is 2. The van der Waals surface area contributed by atoms with E-state index in [4.69, 9.17) is 9.84 Å². The third-order valence-corrected chi connectivity index (χ3v) is 2.33. The van der Waals surface area contributed by atoms with Crippen LogP contribution in [0.3, 0.4) is 0 Å². The van der Waals surface area contributed by atoms with Gasteiger partial charge in [-0.2, -0.15) is 0 Å². The average Bonchev–Trinajstić information content (AvgIpc) is 2.33. The lowest BCUT2D eigenvalue weighted by Gasteiger charge is -2.08. The molecule has 0 saturated carbocycles. The molecule has 3 heteroatoms. The third kappa shape index (κ3) is 5.20. The molecule has 0 atom stereocenters. The van der Waals surface area contributed by atoms with E-state index in [9.17, 15) is 4.79 Å². The maximum atomic E-state index is 10.5. The lowest BCUT2D eigenvalue weighted by Crippen LogP contribution is -1.98. The monoisotopic (exact) mass is 234 g/mol. The minimum atomic E-state index is -0.953. The van der Waals surface area contributed by atoms with Crippen LogP contribution in [0.25, 0.3) is 6.08 Å². The van der Waals surface area contributed by atoms with Crippen LogP contribution in [-0.4, -0.2) is 17.7 Å². The zero-order chi connectivity index (χ0) is 12.5. The van der Waals surface area contributed by atoms with Crippen LogP contribution in [0.15, 0.2) is 30.3 Å². The second-order valence-electron chi connectivity index (χ2n) is 3.76. The number of ether oxygens (including phenoxy) is 1. The van der Waals surface area contributed by atoms with E-state index in [2.05, 4.69) is 6.92 Å². The zero-order valence-electron chi connectivity index (χ0n) is 10.1. The molecule has 1 N–H and O–H groups in total. The molecule has 0 radical (unpaired) electrons. The highest BCUT2D eigenvalue weighted by molar-refractivity contribution is 5.85. The van der Waals surface area contributed by atoms with Crippen LogP contribution in [0, 0.1) is 0 Å². The van der Waals surface area contributed by atoms with Crippen LogP contribution in [0.2, 0.25) is 0 Å². The minimum absolute atomic E-state index is 0.672. The summed E-state index contributed by atoms with van der Waals surface area (Å²) in [7, 11) is 0. The largest absolute Gasteiger partial charge is 0.493 e. The van der Waals surface area contributed by atoms with Crippen molar-refractivity contribution < 1.29 is 14.6 Å². The maximum absolute atomic E-state index is 10.5. The number of carboxylic acid groups (broad SMARTS) is 1. The van der Waals surface area contributed by atoms with Gasteiger partial charge in [0.15, 0.2) is 0 Å². The fourth-order valence-corrected chi connectivity index (χ4v) is 1.44. The molecule has 3 nitrogen and oxygen atoms in total. The first-order valence-corrected chi connectivity index (χ1v) is 5.87. The molecule has 0 saturated heterocycles. The minimum Gasteiger partial charge on any atom is -0.493 e. The van der Waals surface area contributed by atoms with Gasteiger partial charge in [-0.15, -0.1) is 0 Å². The molecule has 0 bridgehead atoms. The molecule has 92 valence electrons. The highest BCUT2D eigenvalue weighted by Crippen LogP contribution is 2.19. The maximum Gasteiger partial charge on any atom is 0.328 e. The summed E-state index contributed by atoms with van der Waals surface area (Å²) in [6.45, 7) is 2.81. The average molecular weight is 234 g/mol. The molecule has 0 fully saturated rings. The van der Waals surface area contributed by atoms with E-state index in [1.807, 2.05) is 24.3 Å². The van der Waals surface area contributed by atoms with Gasteiger partial charge in [-0.25, -0.2) is 4.79 Å². The van der Waals surface area contributed by atoms with Gasteiger partial charge in [0.25, 0.3) is 0 Å². The molecule has 0 unspecified atom stereocenters. The van der Waals surface area contributed by atoms with Gasteiger partial charge >= 0.3 is 5.97 Å². The van der Waals surface area contributed by atoms with E-state index in [0.717, 1.165) is 36.7 Å². The van der Waals surface area contributed by atoms with Crippen LogP contribution in [0.5, 0.6) is 5.75 Å². The van der Waals surface area contributed by atoms with Crippen molar-refractivity contribution in [2.45, 2.75) is 26.2 Å². The van der Waals surface area contributed by atoms with Crippen LogP contribution < -0.4 is 4.74 Å². The molecule has 0 aromatic heterocycles. The van der Waals surface area contributed by atoms with Crippen molar-refractivity contribution in [2.24, 2.45) is 0 Å². The first kappa shape index (κ1) is 13.3. The molecule has 0 aliphatic heterocycles. The van der Waals surface area contributed by atoms with Crippen LogP contribution >= 0.6 is 0 Å². The summed E-state index contributed by atoms with van der Waals surface area (Å²) in [6.07, 6.45) is 6.00. The van der Waals surface area contributed by atoms with Gasteiger partial charge in [-0.05, 0) is 18.6 Å². The number of unbranched alkanes of at least 4 members (excludes halogenated alkanes) is 2. The molecule has 0 aliphatic carbocycles. The Bertz CT molecular complexity index is 383. The Balaban J connectivity index is 2.61. The molecule has 17 heavy (non-hydrogen) atoms. The number of para-hydroxylation sites is 1. The Morgan fingerprint density at radius 3 is 2.82 bits per heavy atom. The van der Waals surface area contributed by atoms with Gasteiger partial charge in [-0.3, -0.25) is 0 Å². The molecule has 0 amide bonds. The van der Waals surface area contributed by atoms with Crippen LogP contribution in [0.4, 0.5) is 0 Å². The van der Waals surface area contributed by atoms with Gasteiger partial charge in [0.1, 0.15) is 5.75 Å². The van der Waals surface area contributed by atoms with Gasteiger partial charge in [0.2, 0.25) is 0 Å². The van der Waals surface area contributed by atoms with Crippen LogP contribution in [0.1, 0.15) is 31.7 Å². The first-order valence-electron chi connectivity index (χ1n) is 5.87. The zero-order valence-corrected chi connectivity index (χ0v) is 10.1. The number of hydrogen-bond donors (Lipinski definition) is 1.